The Hall–Kier alpha value is -4.21. The highest BCUT2D eigenvalue weighted by atomic mass is 127. The number of pyridine rings is 1. The molecule has 204 valence electrons. The Bertz CT molecular complexity index is 1570. The summed E-state index contributed by atoms with van der Waals surface area (Å²) in [5.74, 6) is -3.11. The molecule has 4 aromatic rings. The summed E-state index contributed by atoms with van der Waals surface area (Å²) in [6.07, 6.45) is -3.64. The predicted octanol–water partition coefficient (Wildman–Crippen LogP) is 5.37. The minimum atomic E-state index is -5.08. The number of carbonyl (C=O) groups excluding carboxylic acids is 2. The van der Waals surface area contributed by atoms with E-state index in [0.717, 1.165) is 20.4 Å². The van der Waals surface area contributed by atoms with E-state index in [1.165, 1.54) is 13.3 Å². The SMILES string of the molecule is COC(=O)c1cc(I)cc(Nc2c(C(N)=O)cnc3cc(-c4c(C)noc4C)ccc23)c1.O=C(O)C(F)(F)F. The Kier molecular flexibility index (Phi) is 8.78. The van der Waals surface area contributed by atoms with Crippen LogP contribution in [0.2, 0.25) is 0 Å². The third-order valence-electron chi connectivity index (χ3n) is 5.29. The fourth-order valence-corrected chi connectivity index (χ4v) is 4.28. The minimum absolute atomic E-state index is 0.237. The number of nitrogens with two attached hydrogens (primary N) is 1. The Labute approximate surface area is 232 Å². The first-order valence-electron chi connectivity index (χ1n) is 10.8. The molecule has 2 aromatic carbocycles. The van der Waals surface area contributed by atoms with E-state index in [0.29, 0.717) is 33.6 Å². The van der Waals surface area contributed by atoms with Gasteiger partial charge in [-0.05, 0) is 66.3 Å². The molecule has 39 heavy (non-hydrogen) atoms. The summed E-state index contributed by atoms with van der Waals surface area (Å²) in [5.41, 5.74) is 10.6. The molecule has 0 saturated carbocycles. The van der Waals surface area contributed by atoms with E-state index in [2.05, 4.69) is 38.0 Å². The highest BCUT2D eigenvalue weighted by Crippen LogP contribution is 2.34. The quantitative estimate of drug-likeness (QED) is 0.190. The molecule has 4 N–H and O–H groups in total. The standard InChI is InChI=1S/C23H19IN4O4.C2HF3O2/c1-11-20(12(2)32-28-11)13-4-5-17-19(8-13)26-10-18(22(25)29)21(17)27-16-7-14(23(30)31-3)6-15(24)9-16;3-2(4,5)1(6)7/h4-10H,1-3H3,(H2,25,29)(H,26,27);(H,6,7). The maximum atomic E-state index is 12.1. The molecule has 2 heterocycles. The van der Waals surface area contributed by atoms with E-state index in [4.69, 9.17) is 24.9 Å². The second-order valence-corrected chi connectivity index (χ2v) is 9.24. The van der Waals surface area contributed by atoms with Crippen LogP contribution in [0.15, 0.2) is 47.1 Å². The number of rotatable bonds is 5. The van der Waals surface area contributed by atoms with Crippen molar-refractivity contribution >= 4 is 62.7 Å². The molecule has 0 spiro atoms. The fraction of sp³-hybridized carbons (Fsp3) is 0.160. The second-order valence-electron chi connectivity index (χ2n) is 7.99. The lowest BCUT2D eigenvalue weighted by atomic mass is 10.0. The van der Waals surface area contributed by atoms with Crippen LogP contribution in [0.5, 0.6) is 0 Å². The van der Waals surface area contributed by atoms with Gasteiger partial charge < -0.3 is 25.4 Å². The largest absolute Gasteiger partial charge is 0.490 e. The minimum Gasteiger partial charge on any atom is -0.475 e. The number of nitrogens with one attached hydrogen (secondary N) is 1. The Balaban J connectivity index is 0.000000532. The van der Waals surface area contributed by atoms with Crippen molar-refractivity contribution in [2.75, 3.05) is 12.4 Å². The van der Waals surface area contributed by atoms with Gasteiger partial charge in [0.2, 0.25) is 0 Å². The van der Waals surface area contributed by atoms with Crippen molar-refractivity contribution in [3.8, 4) is 11.1 Å². The van der Waals surface area contributed by atoms with E-state index in [9.17, 15) is 22.8 Å². The van der Waals surface area contributed by atoms with Crippen LogP contribution >= 0.6 is 22.6 Å². The van der Waals surface area contributed by atoms with E-state index in [-0.39, 0.29) is 5.56 Å². The fourth-order valence-electron chi connectivity index (χ4n) is 3.61. The van der Waals surface area contributed by atoms with E-state index in [1.807, 2.05) is 38.1 Å². The number of esters is 1. The zero-order valence-corrected chi connectivity index (χ0v) is 22.7. The van der Waals surface area contributed by atoms with Crippen molar-refractivity contribution in [2.45, 2.75) is 20.0 Å². The number of ether oxygens (including phenoxy) is 1. The molecule has 0 radical (unpaired) electrons. The summed E-state index contributed by atoms with van der Waals surface area (Å²) in [4.78, 5) is 37.5. The number of alkyl halides is 3. The Morgan fingerprint density at radius 2 is 1.79 bits per heavy atom. The molecule has 0 aliphatic carbocycles. The van der Waals surface area contributed by atoms with Crippen molar-refractivity contribution in [2.24, 2.45) is 5.73 Å². The average Bonchev–Trinajstić information content (AvgIpc) is 3.20. The van der Waals surface area contributed by atoms with Gasteiger partial charge in [0.05, 0.1) is 35.1 Å². The molecule has 14 heteroatoms. The molecule has 1 amide bonds. The summed E-state index contributed by atoms with van der Waals surface area (Å²) in [6.45, 7) is 3.73. The first-order chi connectivity index (χ1) is 18.2. The number of carboxylic acid groups (broad SMARTS) is 1. The number of aryl methyl sites for hydroxylation is 2. The molecule has 0 bridgehead atoms. The smallest absolute Gasteiger partial charge is 0.475 e. The van der Waals surface area contributed by atoms with Crippen molar-refractivity contribution in [3.63, 3.8) is 0 Å². The molecule has 2 aromatic heterocycles. The summed E-state index contributed by atoms with van der Waals surface area (Å²) in [5, 5.41) is 15.1. The number of carbonyl (C=O) groups is 3. The van der Waals surface area contributed by atoms with Crippen LogP contribution in [0.25, 0.3) is 22.0 Å². The molecular weight excluding hydrogens is 636 g/mol. The zero-order chi connectivity index (χ0) is 29.1. The van der Waals surface area contributed by atoms with Crippen molar-refractivity contribution < 1.29 is 41.9 Å². The van der Waals surface area contributed by atoms with Gasteiger partial charge in [-0.15, -0.1) is 0 Å². The van der Waals surface area contributed by atoms with Gasteiger partial charge in [0.15, 0.2) is 0 Å². The van der Waals surface area contributed by atoms with Gasteiger partial charge in [0.1, 0.15) is 5.76 Å². The summed E-state index contributed by atoms with van der Waals surface area (Å²) < 4.78 is 42.7. The average molecular weight is 656 g/mol. The highest BCUT2D eigenvalue weighted by molar-refractivity contribution is 14.1. The Morgan fingerprint density at radius 1 is 1.13 bits per heavy atom. The van der Waals surface area contributed by atoms with Gasteiger partial charge >= 0.3 is 18.1 Å². The number of carboxylic acids is 1. The monoisotopic (exact) mass is 656 g/mol. The maximum Gasteiger partial charge on any atom is 0.490 e. The van der Waals surface area contributed by atoms with Crippen molar-refractivity contribution in [1.29, 1.82) is 0 Å². The number of benzene rings is 2. The Morgan fingerprint density at radius 3 is 2.33 bits per heavy atom. The first-order valence-corrected chi connectivity index (χ1v) is 11.9. The molecule has 4 rings (SSSR count). The third kappa shape index (κ3) is 6.81. The van der Waals surface area contributed by atoms with Crippen LogP contribution in [-0.2, 0) is 9.53 Å². The topological polar surface area (TPSA) is 158 Å². The summed E-state index contributed by atoms with van der Waals surface area (Å²) in [7, 11) is 1.33. The number of aliphatic carboxylic acids is 1. The lowest BCUT2D eigenvalue weighted by Gasteiger charge is -2.15. The lowest BCUT2D eigenvalue weighted by Crippen LogP contribution is -2.21. The van der Waals surface area contributed by atoms with Gasteiger partial charge in [-0.25, -0.2) is 9.59 Å². The van der Waals surface area contributed by atoms with Crippen molar-refractivity contribution in [3.05, 3.63) is 68.7 Å². The molecular formula is C25H20F3IN4O6. The number of fused-ring (bicyclic) bond motifs is 1. The molecule has 0 saturated heterocycles. The van der Waals surface area contributed by atoms with Crippen LogP contribution in [0.1, 0.15) is 32.2 Å². The normalized spacial score (nSPS) is 10.9. The molecule has 10 nitrogen and oxygen atoms in total. The number of primary amides is 1. The number of nitrogens with zero attached hydrogens (tertiary/aromatic N) is 2. The van der Waals surface area contributed by atoms with Gasteiger partial charge in [0, 0.05) is 26.4 Å². The van der Waals surface area contributed by atoms with Gasteiger partial charge in [-0.3, -0.25) is 9.78 Å². The van der Waals surface area contributed by atoms with Crippen LogP contribution < -0.4 is 11.1 Å². The molecule has 0 unspecified atom stereocenters. The van der Waals surface area contributed by atoms with Gasteiger partial charge in [-0.1, -0.05) is 17.3 Å². The van der Waals surface area contributed by atoms with Gasteiger partial charge in [0.25, 0.3) is 5.91 Å². The number of halogens is 4. The van der Waals surface area contributed by atoms with Crippen LogP contribution in [0.4, 0.5) is 24.5 Å². The number of hydrogen-bond acceptors (Lipinski definition) is 8. The molecule has 0 atom stereocenters. The van der Waals surface area contributed by atoms with Crippen molar-refractivity contribution in [1.82, 2.24) is 10.1 Å². The molecule has 0 aliphatic heterocycles. The predicted molar refractivity (Wildman–Crippen MR) is 143 cm³/mol. The van der Waals surface area contributed by atoms with Crippen LogP contribution in [-0.4, -0.2) is 46.4 Å². The number of methoxy groups -OCH3 is 1. The molecule has 0 fully saturated rings. The van der Waals surface area contributed by atoms with E-state index < -0.39 is 24.0 Å². The van der Waals surface area contributed by atoms with Gasteiger partial charge in [-0.2, -0.15) is 13.2 Å². The highest BCUT2D eigenvalue weighted by Gasteiger charge is 2.38. The second kappa shape index (κ2) is 11.7. The van der Waals surface area contributed by atoms with E-state index in [1.54, 1.807) is 12.1 Å². The zero-order valence-electron chi connectivity index (χ0n) is 20.5. The van der Waals surface area contributed by atoms with E-state index >= 15 is 0 Å². The third-order valence-corrected chi connectivity index (χ3v) is 5.91. The van der Waals surface area contributed by atoms with Crippen LogP contribution in [0, 0.1) is 17.4 Å². The number of hydrogen-bond donors (Lipinski definition) is 3. The number of aromatic nitrogens is 2. The summed E-state index contributed by atoms with van der Waals surface area (Å²) >= 11 is 2.11. The summed E-state index contributed by atoms with van der Waals surface area (Å²) in [6, 6.07) is 10.9. The first kappa shape index (κ1) is 29.3. The number of anilines is 2. The van der Waals surface area contributed by atoms with Crippen LogP contribution in [0.3, 0.4) is 0 Å². The number of amides is 1. The lowest BCUT2D eigenvalue weighted by molar-refractivity contribution is -0.192. The maximum absolute atomic E-state index is 12.1. The molecule has 0 aliphatic rings.